The highest BCUT2D eigenvalue weighted by Crippen LogP contribution is 2.29. The third-order valence-electron chi connectivity index (χ3n) is 2.60. The van der Waals surface area contributed by atoms with Gasteiger partial charge in [-0.2, -0.15) is 5.10 Å². The van der Waals surface area contributed by atoms with Gasteiger partial charge in [-0.1, -0.05) is 6.07 Å². The number of nitrogens with one attached hydrogen (secondary N) is 2. The minimum absolute atomic E-state index is 0.246. The molecule has 2 amide bonds. The van der Waals surface area contributed by atoms with Crippen molar-refractivity contribution in [3.05, 3.63) is 23.8 Å². The van der Waals surface area contributed by atoms with Gasteiger partial charge < -0.3 is 19.5 Å². The van der Waals surface area contributed by atoms with E-state index in [0.29, 0.717) is 23.7 Å². The zero-order valence-electron chi connectivity index (χ0n) is 12.7. The van der Waals surface area contributed by atoms with Gasteiger partial charge in [0, 0.05) is 19.2 Å². The van der Waals surface area contributed by atoms with Gasteiger partial charge in [0.1, 0.15) is 0 Å². The van der Waals surface area contributed by atoms with Crippen molar-refractivity contribution in [1.29, 1.82) is 0 Å². The van der Waals surface area contributed by atoms with Gasteiger partial charge in [0.2, 0.25) is 0 Å². The van der Waals surface area contributed by atoms with Gasteiger partial charge in [-0.25, -0.2) is 5.43 Å². The molecule has 0 saturated carbocycles. The van der Waals surface area contributed by atoms with E-state index in [-0.39, 0.29) is 6.54 Å². The van der Waals surface area contributed by atoms with Crippen molar-refractivity contribution in [2.75, 3.05) is 34.5 Å². The van der Waals surface area contributed by atoms with E-state index in [2.05, 4.69) is 15.8 Å². The molecule has 0 bridgehead atoms. The summed E-state index contributed by atoms with van der Waals surface area (Å²) >= 11 is 0. The Kier molecular flexibility index (Phi) is 7.41. The zero-order valence-corrected chi connectivity index (χ0v) is 12.7. The van der Waals surface area contributed by atoms with Crippen LogP contribution in [0.2, 0.25) is 0 Å². The molecule has 0 aliphatic rings. The monoisotopic (exact) mass is 309 g/mol. The number of hydrazone groups is 1. The van der Waals surface area contributed by atoms with Gasteiger partial charge >= 0.3 is 11.8 Å². The fourth-order valence-electron chi connectivity index (χ4n) is 1.57. The first kappa shape index (κ1) is 17.4. The van der Waals surface area contributed by atoms with Crippen molar-refractivity contribution in [3.8, 4) is 11.5 Å². The second-order valence-corrected chi connectivity index (χ2v) is 4.03. The maximum absolute atomic E-state index is 11.5. The Bertz CT molecular complexity index is 545. The lowest BCUT2D eigenvalue weighted by Crippen LogP contribution is -2.39. The molecule has 0 spiro atoms. The third-order valence-corrected chi connectivity index (χ3v) is 2.60. The molecular weight excluding hydrogens is 290 g/mol. The molecule has 0 aliphatic carbocycles. The van der Waals surface area contributed by atoms with Crippen LogP contribution in [0.1, 0.15) is 5.56 Å². The topological polar surface area (TPSA) is 98.2 Å². The summed E-state index contributed by atoms with van der Waals surface area (Å²) in [5, 5.41) is 6.10. The Balaban J connectivity index is 2.62. The standard InChI is InChI=1S/C14H19N3O5/c1-20-8-7-15-13(18)14(19)17-16-9-10-5-4-6-11(21-2)12(10)22-3/h4-6,9H,7-8H2,1-3H3,(H,15,18)(H,17,19). The molecule has 0 radical (unpaired) electrons. The molecule has 1 aromatic carbocycles. The van der Waals surface area contributed by atoms with Crippen LogP contribution in [-0.4, -0.2) is 52.5 Å². The van der Waals surface area contributed by atoms with Crippen LogP contribution in [0.15, 0.2) is 23.3 Å². The van der Waals surface area contributed by atoms with Crippen molar-refractivity contribution >= 4 is 18.0 Å². The Labute approximate surface area is 128 Å². The number of ether oxygens (including phenoxy) is 3. The molecule has 0 aliphatic heterocycles. The number of amides is 2. The third kappa shape index (κ3) is 5.06. The second kappa shape index (κ2) is 9.35. The number of hydrogen-bond acceptors (Lipinski definition) is 6. The molecule has 1 rings (SSSR count). The van der Waals surface area contributed by atoms with Crippen molar-refractivity contribution in [1.82, 2.24) is 10.7 Å². The highest BCUT2D eigenvalue weighted by Gasteiger charge is 2.12. The van der Waals surface area contributed by atoms with Gasteiger partial charge in [-0.05, 0) is 12.1 Å². The summed E-state index contributed by atoms with van der Waals surface area (Å²) in [6.07, 6.45) is 1.36. The molecule has 0 aromatic heterocycles. The number of carbonyl (C=O) groups is 2. The molecule has 0 unspecified atom stereocenters. The van der Waals surface area contributed by atoms with E-state index in [4.69, 9.17) is 14.2 Å². The van der Waals surface area contributed by atoms with Crippen LogP contribution in [-0.2, 0) is 14.3 Å². The van der Waals surface area contributed by atoms with E-state index >= 15 is 0 Å². The Morgan fingerprint density at radius 3 is 2.59 bits per heavy atom. The Morgan fingerprint density at radius 1 is 1.18 bits per heavy atom. The summed E-state index contributed by atoms with van der Waals surface area (Å²) in [6.45, 7) is 0.569. The summed E-state index contributed by atoms with van der Waals surface area (Å²) in [5.41, 5.74) is 2.73. The minimum Gasteiger partial charge on any atom is -0.493 e. The maximum Gasteiger partial charge on any atom is 0.329 e. The van der Waals surface area contributed by atoms with Gasteiger partial charge in [0.05, 0.1) is 27.0 Å². The average molecular weight is 309 g/mol. The van der Waals surface area contributed by atoms with Crippen LogP contribution in [0, 0.1) is 0 Å². The van der Waals surface area contributed by atoms with Gasteiger partial charge in [-0.3, -0.25) is 9.59 Å². The molecule has 0 fully saturated rings. The fraction of sp³-hybridized carbons (Fsp3) is 0.357. The Morgan fingerprint density at radius 2 is 1.95 bits per heavy atom. The van der Waals surface area contributed by atoms with E-state index in [1.54, 1.807) is 18.2 Å². The predicted octanol–water partition coefficient (Wildman–Crippen LogP) is -0.0835. The number of para-hydroxylation sites is 1. The number of benzene rings is 1. The summed E-state index contributed by atoms with van der Waals surface area (Å²) in [7, 11) is 4.51. The normalized spacial score (nSPS) is 10.3. The van der Waals surface area contributed by atoms with E-state index in [1.807, 2.05) is 0 Å². The fourth-order valence-corrected chi connectivity index (χ4v) is 1.57. The van der Waals surface area contributed by atoms with Crippen LogP contribution in [0.3, 0.4) is 0 Å². The van der Waals surface area contributed by atoms with Crippen molar-refractivity contribution in [3.63, 3.8) is 0 Å². The Hall–Kier alpha value is -2.61. The van der Waals surface area contributed by atoms with Crippen LogP contribution in [0.4, 0.5) is 0 Å². The van der Waals surface area contributed by atoms with Crippen molar-refractivity contribution < 1.29 is 23.8 Å². The predicted molar refractivity (Wildman–Crippen MR) is 80.2 cm³/mol. The SMILES string of the molecule is COCCNC(=O)C(=O)NN=Cc1cccc(OC)c1OC. The molecule has 120 valence electrons. The summed E-state index contributed by atoms with van der Waals surface area (Å²) in [6, 6.07) is 5.22. The van der Waals surface area contributed by atoms with E-state index in [9.17, 15) is 9.59 Å². The lowest BCUT2D eigenvalue weighted by atomic mass is 10.2. The van der Waals surface area contributed by atoms with Crippen molar-refractivity contribution in [2.45, 2.75) is 0 Å². The molecule has 1 aromatic rings. The van der Waals surface area contributed by atoms with Gasteiger partial charge in [0.15, 0.2) is 11.5 Å². The second-order valence-electron chi connectivity index (χ2n) is 4.03. The summed E-state index contributed by atoms with van der Waals surface area (Å²) in [4.78, 5) is 22.9. The first-order chi connectivity index (χ1) is 10.6. The lowest BCUT2D eigenvalue weighted by Gasteiger charge is -2.09. The number of carbonyl (C=O) groups excluding carboxylic acids is 2. The van der Waals surface area contributed by atoms with Crippen LogP contribution < -0.4 is 20.2 Å². The first-order valence-corrected chi connectivity index (χ1v) is 6.45. The summed E-state index contributed by atoms with van der Waals surface area (Å²) < 4.78 is 15.1. The highest BCUT2D eigenvalue weighted by atomic mass is 16.5. The van der Waals surface area contributed by atoms with Gasteiger partial charge in [-0.15, -0.1) is 0 Å². The molecule has 0 atom stereocenters. The minimum atomic E-state index is -0.866. The number of nitrogens with zero attached hydrogens (tertiary/aromatic N) is 1. The number of hydrogen-bond donors (Lipinski definition) is 2. The molecular formula is C14H19N3O5. The zero-order chi connectivity index (χ0) is 16.4. The van der Waals surface area contributed by atoms with E-state index in [0.717, 1.165) is 0 Å². The molecule has 2 N–H and O–H groups in total. The number of rotatable bonds is 7. The molecule has 8 nitrogen and oxygen atoms in total. The van der Waals surface area contributed by atoms with E-state index in [1.165, 1.54) is 27.5 Å². The first-order valence-electron chi connectivity index (χ1n) is 6.45. The molecule has 0 heterocycles. The quantitative estimate of drug-likeness (QED) is 0.318. The summed E-state index contributed by atoms with van der Waals surface area (Å²) in [5.74, 6) is -0.636. The molecule has 22 heavy (non-hydrogen) atoms. The van der Waals surface area contributed by atoms with Gasteiger partial charge in [0.25, 0.3) is 0 Å². The largest absolute Gasteiger partial charge is 0.493 e. The van der Waals surface area contributed by atoms with Crippen LogP contribution >= 0.6 is 0 Å². The smallest absolute Gasteiger partial charge is 0.329 e. The van der Waals surface area contributed by atoms with Crippen LogP contribution in [0.5, 0.6) is 11.5 Å². The number of methoxy groups -OCH3 is 3. The van der Waals surface area contributed by atoms with E-state index < -0.39 is 11.8 Å². The molecule has 8 heteroatoms. The maximum atomic E-state index is 11.5. The van der Waals surface area contributed by atoms with Crippen molar-refractivity contribution in [2.24, 2.45) is 5.10 Å². The average Bonchev–Trinajstić information content (AvgIpc) is 2.54. The molecule has 0 saturated heterocycles. The highest BCUT2D eigenvalue weighted by molar-refractivity contribution is 6.35. The lowest BCUT2D eigenvalue weighted by molar-refractivity contribution is -0.139. The van der Waals surface area contributed by atoms with Crippen LogP contribution in [0.25, 0.3) is 0 Å².